The molecule has 2 atom stereocenters. The number of nitrogens with one attached hydrogen (secondary N) is 2. The van der Waals surface area contributed by atoms with Crippen LogP contribution in [0.5, 0.6) is 0 Å². The summed E-state index contributed by atoms with van der Waals surface area (Å²) in [5, 5.41) is 6.12. The minimum absolute atomic E-state index is 0.0776. The molecule has 0 fully saturated rings. The standard InChI is InChI=1S/C15H30N2O3S/c1-10(2)12(13(18)17-15(3,4)5)16-11(8-9-21-7)14(19)20-6/h10-12,16H,8-9H2,1-7H3,(H,17,18)/t11-,12+/m0/s1. The second-order valence-corrected chi connectivity index (χ2v) is 7.47. The zero-order valence-corrected chi connectivity index (χ0v) is 15.1. The molecule has 0 bridgehead atoms. The van der Waals surface area contributed by atoms with Gasteiger partial charge in [0.1, 0.15) is 6.04 Å². The van der Waals surface area contributed by atoms with Crippen LogP contribution in [0.4, 0.5) is 0 Å². The predicted molar refractivity (Wildman–Crippen MR) is 88.5 cm³/mol. The first kappa shape index (κ1) is 20.2. The van der Waals surface area contributed by atoms with Crippen molar-refractivity contribution in [1.82, 2.24) is 10.6 Å². The molecule has 0 aliphatic carbocycles. The van der Waals surface area contributed by atoms with Crippen LogP contribution in [0.2, 0.25) is 0 Å². The van der Waals surface area contributed by atoms with Crippen molar-refractivity contribution in [2.75, 3.05) is 19.1 Å². The molecule has 0 aromatic carbocycles. The van der Waals surface area contributed by atoms with Crippen molar-refractivity contribution in [3.8, 4) is 0 Å². The summed E-state index contributed by atoms with van der Waals surface area (Å²) in [6.45, 7) is 9.74. The van der Waals surface area contributed by atoms with Crippen molar-refractivity contribution in [1.29, 1.82) is 0 Å². The minimum Gasteiger partial charge on any atom is -0.468 e. The summed E-state index contributed by atoms with van der Waals surface area (Å²) in [4.78, 5) is 24.2. The van der Waals surface area contributed by atoms with Crippen molar-refractivity contribution < 1.29 is 14.3 Å². The number of esters is 1. The minimum atomic E-state index is -0.458. The lowest BCUT2D eigenvalue weighted by Crippen LogP contribution is -2.56. The summed E-state index contributed by atoms with van der Waals surface area (Å²) in [5.74, 6) is 0.501. The average Bonchev–Trinajstić information content (AvgIpc) is 2.35. The van der Waals surface area contributed by atoms with Crippen LogP contribution in [0.15, 0.2) is 0 Å². The largest absolute Gasteiger partial charge is 0.468 e. The molecule has 0 spiro atoms. The molecule has 0 heterocycles. The Hall–Kier alpha value is -0.750. The lowest BCUT2D eigenvalue weighted by atomic mass is 9.99. The van der Waals surface area contributed by atoms with Gasteiger partial charge in [-0.25, -0.2) is 0 Å². The van der Waals surface area contributed by atoms with Crippen molar-refractivity contribution in [3.05, 3.63) is 0 Å². The Bertz CT molecular complexity index is 340. The molecule has 1 amide bonds. The Morgan fingerprint density at radius 1 is 1.24 bits per heavy atom. The molecular formula is C15H30N2O3S. The van der Waals surface area contributed by atoms with Crippen molar-refractivity contribution >= 4 is 23.6 Å². The highest BCUT2D eigenvalue weighted by atomic mass is 32.2. The number of rotatable bonds is 8. The van der Waals surface area contributed by atoms with E-state index in [0.29, 0.717) is 6.42 Å². The number of carbonyl (C=O) groups excluding carboxylic acids is 2. The van der Waals surface area contributed by atoms with E-state index in [-0.39, 0.29) is 23.3 Å². The van der Waals surface area contributed by atoms with Crippen molar-refractivity contribution in [2.45, 2.75) is 58.7 Å². The van der Waals surface area contributed by atoms with E-state index in [2.05, 4.69) is 10.6 Å². The third kappa shape index (κ3) is 8.31. The van der Waals surface area contributed by atoms with Crippen LogP contribution in [-0.4, -0.2) is 48.6 Å². The summed E-state index contributed by atoms with van der Waals surface area (Å²) in [5.41, 5.74) is -0.300. The van der Waals surface area contributed by atoms with Gasteiger partial charge in [-0.05, 0) is 45.1 Å². The molecular weight excluding hydrogens is 288 g/mol. The predicted octanol–water partition coefficient (Wildman–Crippen LogP) is 1.81. The summed E-state index contributed by atoms with van der Waals surface area (Å²) >= 11 is 1.66. The van der Waals surface area contributed by atoms with E-state index >= 15 is 0 Å². The number of thioether (sulfide) groups is 1. The van der Waals surface area contributed by atoms with Crippen LogP contribution in [0.25, 0.3) is 0 Å². The van der Waals surface area contributed by atoms with Gasteiger partial charge in [-0.3, -0.25) is 14.9 Å². The molecule has 2 N–H and O–H groups in total. The Balaban J connectivity index is 4.92. The number of ether oxygens (including phenoxy) is 1. The number of carbonyl (C=O) groups is 2. The fourth-order valence-corrected chi connectivity index (χ4v) is 2.35. The Labute approximate surface area is 133 Å². The van der Waals surface area contributed by atoms with E-state index < -0.39 is 12.1 Å². The van der Waals surface area contributed by atoms with E-state index in [9.17, 15) is 9.59 Å². The fourth-order valence-electron chi connectivity index (χ4n) is 1.88. The topological polar surface area (TPSA) is 67.4 Å². The van der Waals surface area contributed by atoms with Gasteiger partial charge >= 0.3 is 5.97 Å². The van der Waals surface area contributed by atoms with Crippen molar-refractivity contribution in [2.24, 2.45) is 5.92 Å². The van der Waals surface area contributed by atoms with Crippen LogP contribution >= 0.6 is 11.8 Å². The smallest absolute Gasteiger partial charge is 0.322 e. The highest BCUT2D eigenvalue weighted by Gasteiger charge is 2.30. The van der Waals surface area contributed by atoms with Gasteiger partial charge in [-0.2, -0.15) is 11.8 Å². The lowest BCUT2D eigenvalue weighted by molar-refractivity contribution is -0.143. The molecule has 5 nitrogen and oxygen atoms in total. The maximum atomic E-state index is 12.4. The number of hydrogen-bond acceptors (Lipinski definition) is 5. The van der Waals surface area contributed by atoms with Crippen LogP contribution in [0.1, 0.15) is 41.0 Å². The number of hydrogen-bond donors (Lipinski definition) is 2. The first-order valence-electron chi connectivity index (χ1n) is 7.27. The molecule has 6 heteroatoms. The van der Waals surface area contributed by atoms with Crippen LogP contribution in [0.3, 0.4) is 0 Å². The number of amides is 1. The second kappa shape index (κ2) is 9.30. The maximum Gasteiger partial charge on any atom is 0.322 e. The molecule has 0 aromatic rings. The van der Waals surface area contributed by atoms with Gasteiger partial charge in [-0.15, -0.1) is 0 Å². The molecule has 0 aliphatic heterocycles. The van der Waals surface area contributed by atoms with E-state index in [1.807, 2.05) is 40.9 Å². The van der Waals surface area contributed by atoms with Gasteiger partial charge < -0.3 is 10.1 Å². The maximum absolute atomic E-state index is 12.4. The van der Waals surface area contributed by atoms with E-state index in [1.165, 1.54) is 7.11 Å². The van der Waals surface area contributed by atoms with Gasteiger partial charge in [-0.1, -0.05) is 13.8 Å². The molecule has 0 unspecified atom stereocenters. The second-order valence-electron chi connectivity index (χ2n) is 6.48. The Kier molecular flexibility index (Phi) is 8.97. The van der Waals surface area contributed by atoms with Crippen LogP contribution < -0.4 is 10.6 Å². The highest BCUT2D eigenvalue weighted by Crippen LogP contribution is 2.10. The fraction of sp³-hybridized carbons (Fsp3) is 0.867. The molecule has 0 saturated heterocycles. The first-order valence-corrected chi connectivity index (χ1v) is 8.66. The molecule has 21 heavy (non-hydrogen) atoms. The molecule has 0 aliphatic rings. The lowest BCUT2D eigenvalue weighted by Gasteiger charge is -2.30. The third-order valence-electron chi connectivity index (χ3n) is 2.92. The van der Waals surface area contributed by atoms with Gasteiger partial charge in [0.2, 0.25) is 5.91 Å². The Morgan fingerprint density at radius 2 is 1.81 bits per heavy atom. The monoisotopic (exact) mass is 318 g/mol. The van der Waals surface area contributed by atoms with Gasteiger partial charge in [0.25, 0.3) is 0 Å². The highest BCUT2D eigenvalue weighted by molar-refractivity contribution is 7.98. The van der Waals surface area contributed by atoms with Crippen LogP contribution in [-0.2, 0) is 14.3 Å². The molecule has 0 radical (unpaired) electrons. The van der Waals surface area contributed by atoms with Crippen molar-refractivity contribution in [3.63, 3.8) is 0 Å². The molecule has 0 rings (SSSR count). The normalized spacial score (nSPS) is 14.7. The molecule has 124 valence electrons. The molecule has 0 aromatic heterocycles. The van der Waals surface area contributed by atoms with E-state index in [4.69, 9.17) is 4.74 Å². The summed E-state index contributed by atoms with van der Waals surface area (Å²) in [6, 6.07) is -0.879. The van der Waals surface area contributed by atoms with E-state index in [1.54, 1.807) is 11.8 Å². The SMILES string of the molecule is COC(=O)[C@H](CCSC)N[C@@H](C(=O)NC(C)(C)C)C(C)C. The summed E-state index contributed by atoms with van der Waals surface area (Å²) < 4.78 is 4.83. The van der Waals surface area contributed by atoms with Gasteiger partial charge in [0, 0.05) is 5.54 Å². The first-order chi connectivity index (χ1) is 9.62. The average molecular weight is 318 g/mol. The number of methoxy groups -OCH3 is 1. The van der Waals surface area contributed by atoms with Crippen LogP contribution in [0, 0.1) is 5.92 Å². The molecule has 0 saturated carbocycles. The zero-order valence-electron chi connectivity index (χ0n) is 14.3. The van der Waals surface area contributed by atoms with Gasteiger partial charge in [0.05, 0.1) is 13.2 Å². The summed E-state index contributed by atoms with van der Waals surface area (Å²) in [6.07, 6.45) is 2.63. The zero-order chi connectivity index (χ0) is 16.6. The summed E-state index contributed by atoms with van der Waals surface area (Å²) in [7, 11) is 1.37. The third-order valence-corrected chi connectivity index (χ3v) is 3.57. The van der Waals surface area contributed by atoms with Gasteiger partial charge in [0.15, 0.2) is 0 Å². The van der Waals surface area contributed by atoms with E-state index in [0.717, 1.165) is 5.75 Å². The quantitative estimate of drug-likeness (QED) is 0.668. The Morgan fingerprint density at radius 3 is 2.19 bits per heavy atom.